The fraction of sp³-hybridized carbons (Fsp3) is 0.727. The second kappa shape index (κ2) is 9.68. The van der Waals surface area contributed by atoms with Gasteiger partial charge in [-0.15, -0.1) is 0 Å². The molecule has 0 bridgehead atoms. The van der Waals surface area contributed by atoms with Crippen molar-refractivity contribution in [3.05, 3.63) is 12.2 Å². The molecule has 0 rings (SSSR count). The molecule has 0 atom stereocenters. The number of carbonyl (C=O) groups is 1. The van der Waals surface area contributed by atoms with Gasteiger partial charge in [0.05, 0.1) is 6.61 Å². The molecule has 4 heteroatoms. The first kappa shape index (κ1) is 14.1. The number of hydrogen-bond acceptors (Lipinski definition) is 4. The number of nitrogens with one attached hydrogen (secondary N) is 2. The van der Waals surface area contributed by atoms with E-state index in [0.29, 0.717) is 12.2 Å². The van der Waals surface area contributed by atoms with Gasteiger partial charge in [-0.2, -0.15) is 0 Å². The smallest absolute Gasteiger partial charge is 0.333 e. The third-order valence-electron chi connectivity index (χ3n) is 1.86. The summed E-state index contributed by atoms with van der Waals surface area (Å²) in [5.74, 6) is -0.301. The molecule has 0 saturated heterocycles. The average molecular weight is 214 g/mol. The highest BCUT2D eigenvalue weighted by molar-refractivity contribution is 5.86. The van der Waals surface area contributed by atoms with Crippen LogP contribution in [0.5, 0.6) is 0 Å². The van der Waals surface area contributed by atoms with Crippen LogP contribution in [-0.4, -0.2) is 39.3 Å². The van der Waals surface area contributed by atoms with Gasteiger partial charge in [0.1, 0.15) is 0 Å². The summed E-state index contributed by atoms with van der Waals surface area (Å²) in [6.45, 7) is 8.52. The van der Waals surface area contributed by atoms with E-state index < -0.39 is 0 Å². The lowest BCUT2D eigenvalue weighted by atomic mass is 10.3. The van der Waals surface area contributed by atoms with Gasteiger partial charge >= 0.3 is 5.97 Å². The van der Waals surface area contributed by atoms with Crippen molar-refractivity contribution in [2.45, 2.75) is 19.8 Å². The van der Waals surface area contributed by atoms with Crippen molar-refractivity contribution in [1.82, 2.24) is 10.6 Å². The number of hydrogen-bond donors (Lipinski definition) is 2. The average Bonchev–Trinajstić information content (AvgIpc) is 2.21. The zero-order valence-electron chi connectivity index (χ0n) is 9.77. The largest absolute Gasteiger partial charge is 0.462 e. The van der Waals surface area contributed by atoms with E-state index in [1.807, 2.05) is 7.05 Å². The first-order chi connectivity index (χ1) is 7.18. The molecule has 0 aromatic heterocycles. The molecule has 2 N–H and O–H groups in total. The monoisotopic (exact) mass is 214 g/mol. The Kier molecular flexibility index (Phi) is 9.11. The van der Waals surface area contributed by atoms with Gasteiger partial charge in [0, 0.05) is 5.57 Å². The van der Waals surface area contributed by atoms with E-state index in [4.69, 9.17) is 4.74 Å². The summed E-state index contributed by atoms with van der Waals surface area (Å²) in [6, 6.07) is 0. The van der Waals surface area contributed by atoms with Gasteiger partial charge in [0.2, 0.25) is 0 Å². The van der Waals surface area contributed by atoms with Gasteiger partial charge in [-0.25, -0.2) is 4.79 Å². The number of esters is 1. The summed E-state index contributed by atoms with van der Waals surface area (Å²) in [5.41, 5.74) is 0.456. The highest BCUT2D eigenvalue weighted by Gasteiger charge is 2.01. The predicted molar refractivity (Wildman–Crippen MR) is 61.8 cm³/mol. The van der Waals surface area contributed by atoms with Crippen molar-refractivity contribution in [2.75, 3.05) is 33.3 Å². The van der Waals surface area contributed by atoms with Gasteiger partial charge in [-0.05, 0) is 46.4 Å². The molecule has 0 aromatic rings. The Hall–Kier alpha value is -0.870. The molecular formula is C11H22N2O2. The molecule has 0 fully saturated rings. The lowest BCUT2D eigenvalue weighted by Gasteiger charge is -2.05. The van der Waals surface area contributed by atoms with Crippen LogP contribution in [0.1, 0.15) is 19.8 Å². The molecule has 0 aliphatic heterocycles. The Morgan fingerprint density at radius 1 is 1.27 bits per heavy atom. The second-order valence-electron chi connectivity index (χ2n) is 3.48. The number of carbonyl (C=O) groups excluding carboxylic acids is 1. The van der Waals surface area contributed by atoms with Crippen LogP contribution in [-0.2, 0) is 9.53 Å². The van der Waals surface area contributed by atoms with Crippen LogP contribution in [0.4, 0.5) is 0 Å². The highest BCUT2D eigenvalue weighted by Crippen LogP contribution is 1.92. The maximum Gasteiger partial charge on any atom is 0.333 e. The topological polar surface area (TPSA) is 50.4 Å². The standard InChI is InChI=1S/C11H22N2O2/c1-10(2)11(14)15-9-5-8-13-7-4-6-12-3/h12-13H,1,4-9H2,2-3H3. The van der Waals surface area contributed by atoms with Gasteiger partial charge < -0.3 is 15.4 Å². The third-order valence-corrected chi connectivity index (χ3v) is 1.86. The summed E-state index contributed by atoms with van der Waals surface area (Å²) in [6.07, 6.45) is 1.96. The summed E-state index contributed by atoms with van der Waals surface area (Å²) in [5, 5.41) is 6.35. The van der Waals surface area contributed by atoms with E-state index in [1.54, 1.807) is 6.92 Å². The molecule has 0 saturated carbocycles. The van der Waals surface area contributed by atoms with E-state index in [9.17, 15) is 4.79 Å². The van der Waals surface area contributed by atoms with Crippen LogP contribution in [0.3, 0.4) is 0 Å². The molecule has 0 radical (unpaired) electrons. The molecule has 0 aliphatic rings. The number of rotatable bonds is 9. The minimum absolute atomic E-state index is 0.301. The zero-order chi connectivity index (χ0) is 11.5. The van der Waals surface area contributed by atoms with Crippen molar-refractivity contribution in [3.8, 4) is 0 Å². The van der Waals surface area contributed by atoms with Crippen molar-refractivity contribution < 1.29 is 9.53 Å². The Morgan fingerprint density at radius 2 is 1.93 bits per heavy atom. The molecule has 88 valence electrons. The summed E-state index contributed by atoms with van der Waals surface area (Å²) < 4.78 is 4.94. The lowest BCUT2D eigenvalue weighted by Crippen LogP contribution is -2.22. The summed E-state index contributed by atoms with van der Waals surface area (Å²) in [7, 11) is 1.94. The minimum Gasteiger partial charge on any atom is -0.462 e. The normalized spacial score (nSPS) is 10.0. The van der Waals surface area contributed by atoms with Crippen LogP contribution in [0, 0.1) is 0 Å². The van der Waals surface area contributed by atoms with Crippen LogP contribution in [0.25, 0.3) is 0 Å². The molecule has 0 unspecified atom stereocenters. The van der Waals surface area contributed by atoms with Crippen molar-refractivity contribution in [2.24, 2.45) is 0 Å². The van der Waals surface area contributed by atoms with Gasteiger partial charge in [0.25, 0.3) is 0 Å². The Morgan fingerprint density at radius 3 is 2.53 bits per heavy atom. The molecule has 0 amide bonds. The van der Waals surface area contributed by atoms with Crippen molar-refractivity contribution >= 4 is 5.97 Å². The Bertz CT molecular complexity index is 193. The van der Waals surface area contributed by atoms with Gasteiger partial charge in [-0.1, -0.05) is 6.58 Å². The first-order valence-electron chi connectivity index (χ1n) is 5.36. The van der Waals surface area contributed by atoms with E-state index in [2.05, 4.69) is 17.2 Å². The van der Waals surface area contributed by atoms with E-state index in [0.717, 1.165) is 32.5 Å². The van der Waals surface area contributed by atoms with Crippen LogP contribution in [0.15, 0.2) is 12.2 Å². The van der Waals surface area contributed by atoms with Crippen LogP contribution in [0.2, 0.25) is 0 Å². The SMILES string of the molecule is C=C(C)C(=O)OCCCNCCCNC. The fourth-order valence-electron chi connectivity index (χ4n) is 1.00. The van der Waals surface area contributed by atoms with E-state index >= 15 is 0 Å². The lowest BCUT2D eigenvalue weighted by molar-refractivity contribution is -0.139. The van der Waals surface area contributed by atoms with Crippen LogP contribution >= 0.6 is 0 Å². The van der Waals surface area contributed by atoms with Crippen LogP contribution < -0.4 is 10.6 Å². The molecular weight excluding hydrogens is 192 g/mol. The summed E-state index contributed by atoms with van der Waals surface area (Å²) >= 11 is 0. The van der Waals surface area contributed by atoms with E-state index in [1.165, 1.54) is 0 Å². The molecule has 0 spiro atoms. The zero-order valence-corrected chi connectivity index (χ0v) is 9.77. The highest BCUT2D eigenvalue weighted by atomic mass is 16.5. The predicted octanol–water partition coefficient (Wildman–Crippen LogP) is 0.695. The molecule has 4 nitrogen and oxygen atoms in total. The quantitative estimate of drug-likeness (QED) is 0.337. The maximum absolute atomic E-state index is 11.0. The molecule has 0 aromatic carbocycles. The molecule has 0 heterocycles. The number of ether oxygens (including phenoxy) is 1. The summed E-state index contributed by atoms with van der Waals surface area (Å²) in [4.78, 5) is 11.0. The molecule has 15 heavy (non-hydrogen) atoms. The van der Waals surface area contributed by atoms with Crippen molar-refractivity contribution in [1.29, 1.82) is 0 Å². The maximum atomic E-state index is 11.0. The Balaban J connectivity index is 3.11. The fourth-order valence-corrected chi connectivity index (χ4v) is 1.00. The molecule has 0 aliphatic carbocycles. The third kappa shape index (κ3) is 9.43. The van der Waals surface area contributed by atoms with Gasteiger partial charge in [-0.3, -0.25) is 0 Å². The van der Waals surface area contributed by atoms with Gasteiger partial charge in [0.15, 0.2) is 0 Å². The minimum atomic E-state index is -0.301. The first-order valence-corrected chi connectivity index (χ1v) is 5.36. The Labute approximate surface area is 92.1 Å². The second-order valence-corrected chi connectivity index (χ2v) is 3.48. The van der Waals surface area contributed by atoms with E-state index in [-0.39, 0.29) is 5.97 Å². The van der Waals surface area contributed by atoms with Crippen molar-refractivity contribution in [3.63, 3.8) is 0 Å².